The van der Waals surface area contributed by atoms with E-state index in [1.54, 1.807) is 17.3 Å². The fraction of sp³-hybridized carbons (Fsp3) is 0.471. The number of hydrogen-bond acceptors (Lipinski definition) is 2. The molecule has 1 aliphatic carbocycles. The Kier molecular flexibility index (Phi) is 3.88. The van der Waals surface area contributed by atoms with Crippen LogP contribution in [0.1, 0.15) is 61.3 Å². The Labute approximate surface area is 120 Å². The van der Waals surface area contributed by atoms with Crippen LogP contribution in [0.2, 0.25) is 0 Å². The van der Waals surface area contributed by atoms with Crippen molar-refractivity contribution in [1.82, 2.24) is 15.3 Å². The van der Waals surface area contributed by atoms with Gasteiger partial charge >= 0.3 is 0 Å². The highest BCUT2D eigenvalue weighted by Crippen LogP contribution is 2.25. The van der Waals surface area contributed by atoms with Gasteiger partial charge in [0.15, 0.2) is 0 Å². The van der Waals surface area contributed by atoms with E-state index < -0.39 is 0 Å². The van der Waals surface area contributed by atoms with Gasteiger partial charge in [-0.15, -0.1) is 0 Å². The molecule has 2 atom stereocenters. The average Bonchev–Trinajstić information content (AvgIpc) is 3.01. The van der Waals surface area contributed by atoms with E-state index in [1.807, 2.05) is 6.20 Å². The van der Waals surface area contributed by atoms with Gasteiger partial charge in [-0.1, -0.05) is 18.2 Å². The zero-order valence-electron chi connectivity index (χ0n) is 12.3. The fourth-order valence-electron chi connectivity index (χ4n) is 3.09. The van der Waals surface area contributed by atoms with Crippen molar-refractivity contribution in [3.8, 4) is 0 Å². The van der Waals surface area contributed by atoms with Gasteiger partial charge < -0.3 is 10.3 Å². The Bertz CT molecular complexity index is 560. The highest BCUT2D eigenvalue weighted by molar-refractivity contribution is 5.35. The minimum Gasteiger partial charge on any atom is -0.347 e. The number of aromatic amines is 1. The van der Waals surface area contributed by atoms with Gasteiger partial charge in [-0.3, -0.25) is 0 Å². The van der Waals surface area contributed by atoms with Crippen LogP contribution in [0.4, 0.5) is 0 Å². The van der Waals surface area contributed by atoms with E-state index in [1.165, 1.54) is 31.2 Å². The maximum atomic E-state index is 4.32. The lowest BCUT2D eigenvalue weighted by Gasteiger charge is -2.22. The molecule has 0 aliphatic heterocycles. The molecule has 0 saturated heterocycles. The lowest BCUT2D eigenvalue weighted by atomic mass is 9.89. The summed E-state index contributed by atoms with van der Waals surface area (Å²) in [6.07, 6.45) is 8.84. The van der Waals surface area contributed by atoms with Crippen LogP contribution in [0.5, 0.6) is 0 Å². The molecule has 0 bridgehead atoms. The smallest absolute Gasteiger partial charge is 0.122 e. The maximum absolute atomic E-state index is 4.32. The van der Waals surface area contributed by atoms with Gasteiger partial charge in [0, 0.05) is 18.4 Å². The molecule has 0 saturated carbocycles. The first-order valence-corrected chi connectivity index (χ1v) is 7.61. The highest BCUT2D eigenvalue weighted by atomic mass is 15.0. The molecule has 0 radical (unpaired) electrons. The molecular weight excluding hydrogens is 246 g/mol. The van der Waals surface area contributed by atoms with Gasteiger partial charge in [0.1, 0.15) is 5.82 Å². The van der Waals surface area contributed by atoms with Gasteiger partial charge in [-0.25, -0.2) is 4.98 Å². The van der Waals surface area contributed by atoms with Gasteiger partial charge in [0.25, 0.3) is 0 Å². The second kappa shape index (κ2) is 5.80. The van der Waals surface area contributed by atoms with Crippen LogP contribution >= 0.6 is 0 Å². The molecule has 1 heterocycles. The second-order valence-electron chi connectivity index (χ2n) is 5.82. The molecule has 106 valence electrons. The van der Waals surface area contributed by atoms with E-state index in [0.29, 0.717) is 6.04 Å². The van der Waals surface area contributed by atoms with Crippen molar-refractivity contribution in [1.29, 1.82) is 0 Å². The quantitative estimate of drug-likeness (QED) is 0.888. The van der Waals surface area contributed by atoms with Crippen LogP contribution in [-0.2, 0) is 12.8 Å². The topological polar surface area (TPSA) is 40.7 Å². The molecule has 3 heteroatoms. The summed E-state index contributed by atoms with van der Waals surface area (Å²) in [5.41, 5.74) is 4.48. The molecule has 2 aromatic rings. The predicted octanol–water partition coefficient (Wildman–Crippen LogP) is 3.70. The number of H-pyrrole nitrogens is 1. The van der Waals surface area contributed by atoms with Gasteiger partial charge in [0.05, 0.1) is 6.04 Å². The number of aryl methyl sites for hydroxylation is 2. The van der Waals surface area contributed by atoms with E-state index in [4.69, 9.17) is 0 Å². The van der Waals surface area contributed by atoms with Crippen LogP contribution in [0, 0.1) is 0 Å². The number of imidazole rings is 1. The Balaban J connectivity index is 1.72. The third kappa shape index (κ3) is 2.78. The summed E-state index contributed by atoms with van der Waals surface area (Å²) in [7, 11) is 0. The molecule has 1 aromatic heterocycles. The van der Waals surface area contributed by atoms with Gasteiger partial charge in [-0.2, -0.15) is 0 Å². The molecule has 0 amide bonds. The number of fused-ring (bicyclic) bond motifs is 1. The number of aromatic nitrogens is 2. The molecule has 0 spiro atoms. The second-order valence-corrected chi connectivity index (χ2v) is 5.82. The molecule has 2 unspecified atom stereocenters. The standard InChI is InChI=1S/C17H23N3/c1-12(20-13(2)17-18-9-10-19-17)15-8-7-14-5-3-4-6-16(14)11-15/h7-13,20H,3-6H2,1-2H3,(H,18,19). The van der Waals surface area contributed by atoms with E-state index in [-0.39, 0.29) is 6.04 Å². The summed E-state index contributed by atoms with van der Waals surface area (Å²) in [6.45, 7) is 4.37. The summed E-state index contributed by atoms with van der Waals surface area (Å²) in [4.78, 5) is 7.49. The van der Waals surface area contributed by atoms with E-state index in [0.717, 1.165) is 5.82 Å². The first-order chi connectivity index (χ1) is 9.74. The van der Waals surface area contributed by atoms with Gasteiger partial charge in [0.2, 0.25) is 0 Å². The van der Waals surface area contributed by atoms with E-state index >= 15 is 0 Å². The normalized spacial score (nSPS) is 17.5. The molecule has 20 heavy (non-hydrogen) atoms. The average molecular weight is 269 g/mol. The summed E-state index contributed by atoms with van der Waals surface area (Å²) < 4.78 is 0. The van der Waals surface area contributed by atoms with E-state index in [9.17, 15) is 0 Å². The maximum Gasteiger partial charge on any atom is 0.122 e. The van der Waals surface area contributed by atoms with Crippen LogP contribution in [0.15, 0.2) is 30.6 Å². The number of nitrogens with zero attached hydrogens (tertiary/aromatic N) is 1. The number of hydrogen-bond donors (Lipinski definition) is 2. The lowest BCUT2D eigenvalue weighted by molar-refractivity contribution is 0.478. The van der Waals surface area contributed by atoms with Crippen LogP contribution < -0.4 is 5.32 Å². The third-order valence-electron chi connectivity index (χ3n) is 4.30. The van der Waals surface area contributed by atoms with Crippen molar-refractivity contribution in [2.24, 2.45) is 0 Å². The van der Waals surface area contributed by atoms with Crippen molar-refractivity contribution in [2.45, 2.75) is 51.6 Å². The molecule has 1 aromatic carbocycles. The van der Waals surface area contributed by atoms with Crippen LogP contribution in [-0.4, -0.2) is 9.97 Å². The van der Waals surface area contributed by atoms with Crippen molar-refractivity contribution < 1.29 is 0 Å². The minimum absolute atomic E-state index is 0.232. The van der Waals surface area contributed by atoms with Crippen molar-refractivity contribution in [3.63, 3.8) is 0 Å². The van der Waals surface area contributed by atoms with Crippen LogP contribution in [0.3, 0.4) is 0 Å². The summed E-state index contributed by atoms with van der Waals surface area (Å²) in [5, 5.41) is 3.61. The lowest BCUT2D eigenvalue weighted by Crippen LogP contribution is -2.23. The van der Waals surface area contributed by atoms with Crippen molar-refractivity contribution in [2.75, 3.05) is 0 Å². The molecule has 3 rings (SSSR count). The Morgan fingerprint density at radius 2 is 1.90 bits per heavy atom. The Morgan fingerprint density at radius 3 is 2.65 bits per heavy atom. The summed E-state index contributed by atoms with van der Waals surface area (Å²) in [5.74, 6) is 0.995. The zero-order chi connectivity index (χ0) is 13.9. The summed E-state index contributed by atoms with van der Waals surface area (Å²) >= 11 is 0. The summed E-state index contributed by atoms with van der Waals surface area (Å²) in [6, 6.07) is 7.55. The molecule has 3 nitrogen and oxygen atoms in total. The van der Waals surface area contributed by atoms with Gasteiger partial charge in [-0.05, 0) is 56.2 Å². The van der Waals surface area contributed by atoms with E-state index in [2.05, 4.69) is 47.3 Å². The van der Waals surface area contributed by atoms with Crippen LogP contribution in [0.25, 0.3) is 0 Å². The number of benzene rings is 1. The molecule has 1 aliphatic rings. The molecular formula is C17H23N3. The number of nitrogens with one attached hydrogen (secondary N) is 2. The highest BCUT2D eigenvalue weighted by Gasteiger charge is 2.15. The third-order valence-corrected chi connectivity index (χ3v) is 4.30. The monoisotopic (exact) mass is 269 g/mol. The van der Waals surface area contributed by atoms with Crippen molar-refractivity contribution in [3.05, 3.63) is 53.1 Å². The SMILES string of the molecule is CC(NC(C)c1ncc[nH]1)c1ccc2c(c1)CCCC2. The predicted molar refractivity (Wildman–Crippen MR) is 81.6 cm³/mol. The van der Waals surface area contributed by atoms with Crippen molar-refractivity contribution >= 4 is 0 Å². The largest absolute Gasteiger partial charge is 0.347 e. The first-order valence-electron chi connectivity index (χ1n) is 7.61. The Morgan fingerprint density at radius 1 is 1.10 bits per heavy atom. The zero-order valence-corrected chi connectivity index (χ0v) is 12.3. The Hall–Kier alpha value is -1.61. The number of rotatable bonds is 4. The first kappa shape index (κ1) is 13.4. The molecule has 0 fully saturated rings. The molecule has 2 N–H and O–H groups in total. The fourth-order valence-corrected chi connectivity index (χ4v) is 3.09. The minimum atomic E-state index is 0.232.